The summed E-state index contributed by atoms with van der Waals surface area (Å²) in [6.07, 6.45) is 9.67. The van der Waals surface area contributed by atoms with Gasteiger partial charge in [-0.2, -0.15) is 15.5 Å². The lowest BCUT2D eigenvalue weighted by Crippen LogP contribution is -2.55. The van der Waals surface area contributed by atoms with Crippen LogP contribution in [0.3, 0.4) is 0 Å². The van der Waals surface area contributed by atoms with Gasteiger partial charge in [0.1, 0.15) is 29.2 Å². The van der Waals surface area contributed by atoms with Crippen LogP contribution in [0.25, 0.3) is 0 Å². The largest absolute Gasteiger partial charge is 0.479 e. The van der Waals surface area contributed by atoms with Crippen molar-refractivity contribution in [2.45, 2.75) is 87.7 Å². The monoisotopic (exact) mass is 952 g/mol. The maximum atomic E-state index is 15.0. The minimum absolute atomic E-state index is 0.0333. The van der Waals surface area contributed by atoms with Crippen LogP contribution in [-0.4, -0.2) is 140 Å². The molecule has 4 fully saturated rings. The number of nitrogens with zero attached hydrogens (tertiary/aromatic N) is 11. The zero-order valence-corrected chi connectivity index (χ0v) is 41.8. The zero-order valence-electron chi connectivity index (χ0n) is 41.8. The van der Waals surface area contributed by atoms with Crippen LogP contribution in [0.2, 0.25) is 0 Å². The summed E-state index contributed by atoms with van der Waals surface area (Å²) in [4.78, 5) is 55.5. The van der Waals surface area contributed by atoms with E-state index < -0.39 is 5.54 Å². The van der Waals surface area contributed by atoms with Gasteiger partial charge in [0.15, 0.2) is 0 Å². The Labute approximate surface area is 413 Å². The molecule has 4 aliphatic rings. The summed E-state index contributed by atoms with van der Waals surface area (Å²) in [6.45, 7) is 6.28. The normalized spacial score (nSPS) is 25.1. The molecular formula is C54H69N11O5. The lowest BCUT2D eigenvalue weighted by molar-refractivity contribution is 0.0240. The molecule has 3 atom stereocenters. The predicted octanol–water partition coefficient (Wildman–Crippen LogP) is 8.04. The lowest BCUT2D eigenvalue weighted by atomic mass is 9.68. The van der Waals surface area contributed by atoms with E-state index in [1.165, 1.54) is 24.4 Å². The van der Waals surface area contributed by atoms with Crippen molar-refractivity contribution in [1.29, 1.82) is 10.5 Å². The summed E-state index contributed by atoms with van der Waals surface area (Å²) >= 11 is 0. The smallest absolute Gasteiger partial charge is 0.325 e. The molecule has 70 heavy (non-hydrogen) atoms. The van der Waals surface area contributed by atoms with Gasteiger partial charge in [0, 0.05) is 51.0 Å². The van der Waals surface area contributed by atoms with Crippen molar-refractivity contribution in [2.75, 3.05) is 97.6 Å². The van der Waals surface area contributed by atoms with Gasteiger partial charge in [0.2, 0.25) is 17.6 Å². The number of pyridine rings is 1. The molecule has 0 bridgehead atoms. The number of hydrogen-bond acceptors (Lipinski definition) is 12. The number of methoxy groups -OCH3 is 2. The van der Waals surface area contributed by atoms with E-state index in [4.69, 9.17) is 19.2 Å². The van der Waals surface area contributed by atoms with Crippen LogP contribution >= 0.6 is 0 Å². The Morgan fingerprint density at radius 2 is 1.46 bits per heavy atom. The molecule has 2 aromatic heterocycles. The van der Waals surface area contributed by atoms with Crippen LogP contribution in [0.5, 0.6) is 11.8 Å². The van der Waals surface area contributed by atoms with E-state index in [0.29, 0.717) is 70.2 Å². The van der Waals surface area contributed by atoms with Crippen molar-refractivity contribution in [3.63, 3.8) is 0 Å². The van der Waals surface area contributed by atoms with E-state index in [2.05, 4.69) is 113 Å². The van der Waals surface area contributed by atoms with E-state index in [9.17, 15) is 15.3 Å². The SMILES string of the molecule is CCN(C)[C@@]1(c2ccccc2)CCCN(c2cnc(C#N)nc2OC)C(=O)N(CC2CCC2COc2nc(C#N)ccc2N2C[C@]3(CC[C@](c4ccccc4)(N(C)C)CC3)N(CCCOC)C2=O)CC1. The highest BCUT2D eigenvalue weighted by Gasteiger charge is 2.55. The number of hydrogen-bond donors (Lipinski definition) is 0. The molecule has 4 aromatic rings. The highest BCUT2D eigenvalue weighted by atomic mass is 16.5. The number of aromatic nitrogens is 3. The van der Waals surface area contributed by atoms with Gasteiger partial charge in [0.25, 0.3) is 0 Å². The van der Waals surface area contributed by atoms with Crippen LogP contribution in [0.1, 0.15) is 93.8 Å². The molecule has 370 valence electrons. The quantitative estimate of drug-likeness (QED) is 0.0937. The van der Waals surface area contributed by atoms with Gasteiger partial charge in [-0.25, -0.2) is 19.6 Å². The molecular weight excluding hydrogens is 883 g/mol. The number of carbonyl (C=O) groups is 2. The first-order valence-electron chi connectivity index (χ1n) is 25.0. The number of amides is 4. The van der Waals surface area contributed by atoms with E-state index in [0.717, 1.165) is 57.9 Å². The Morgan fingerprint density at radius 3 is 2.07 bits per heavy atom. The summed E-state index contributed by atoms with van der Waals surface area (Å²) < 4.78 is 17.8. The zero-order chi connectivity index (χ0) is 49.5. The summed E-state index contributed by atoms with van der Waals surface area (Å²) in [5, 5.41) is 19.6. The Kier molecular flexibility index (Phi) is 15.6. The van der Waals surface area contributed by atoms with Crippen molar-refractivity contribution in [1.82, 2.24) is 34.6 Å². The fourth-order valence-electron chi connectivity index (χ4n) is 11.8. The van der Waals surface area contributed by atoms with Crippen molar-refractivity contribution >= 4 is 23.4 Å². The van der Waals surface area contributed by atoms with Crippen LogP contribution in [0.15, 0.2) is 79.0 Å². The maximum absolute atomic E-state index is 15.0. The molecule has 4 heterocycles. The van der Waals surface area contributed by atoms with E-state index in [-0.39, 0.29) is 58.3 Å². The van der Waals surface area contributed by atoms with Crippen molar-refractivity contribution in [2.24, 2.45) is 11.8 Å². The van der Waals surface area contributed by atoms with Crippen LogP contribution in [0, 0.1) is 34.5 Å². The highest BCUT2D eigenvalue weighted by Crippen LogP contribution is 2.50. The molecule has 4 amide bonds. The van der Waals surface area contributed by atoms with Crippen molar-refractivity contribution in [3.05, 3.63) is 102 Å². The topological polar surface area (TPSA) is 168 Å². The molecule has 2 aromatic carbocycles. The van der Waals surface area contributed by atoms with Gasteiger partial charge >= 0.3 is 12.1 Å². The third kappa shape index (κ3) is 9.74. The molecule has 0 N–H and O–H groups in total. The first-order chi connectivity index (χ1) is 34.0. The second kappa shape index (κ2) is 21.8. The molecule has 1 spiro atoms. The van der Waals surface area contributed by atoms with Crippen LogP contribution in [-0.2, 0) is 15.8 Å². The highest BCUT2D eigenvalue weighted by molar-refractivity contribution is 5.96. The molecule has 2 aliphatic heterocycles. The van der Waals surface area contributed by atoms with Gasteiger partial charge in [-0.1, -0.05) is 67.6 Å². The van der Waals surface area contributed by atoms with Crippen molar-refractivity contribution < 1.29 is 23.8 Å². The standard InChI is InChI=1S/C54H69N11O5/c1-7-61(4)54(43-18-12-9-13-19-43)24-14-30-63(46-36-57-47(35-56)59-48(46)69-6)50(66)62(32-29-54)37-40-20-21-41(40)38-70-49-45(23-22-44(34-55)58-49)64-39-52(65(51(64)67)31-15-33-68-5)25-27-53(28-26-52,60(2)3)42-16-10-8-11-17-42/h8-13,16-19,22-23,36,40-41H,7,14-15,20-21,24-33,37-39H2,1-6H3/t40?,41?,52-,53+,54-/m0/s1. The number of anilines is 2. The summed E-state index contributed by atoms with van der Waals surface area (Å²) in [5.41, 5.74) is 2.81. The lowest BCUT2D eigenvalue weighted by Gasteiger charge is -2.51. The first-order valence-corrected chi connectivity index (χ1v) is 25.0. The first kappa shape index (κ1) is 50.1. The van der Waals surface area contributed by atoms with Gasteiger partial charge in [0.05, 0.1) is 32.0 Å². The molecule has 16 heteroatoms. The number of nitriles is 2. The molecule has 0 radical (unpaired) electrons. The van der Waals surface area contributed by atoms with Gasteiger partial charge in [-0.15, -0.1) is 0 Å². The molecule has 2 unspecified atom stereocenters. The Morgan fingerprint density at radius 1 is 0.757 bits per heavy atom. The Balaban J connectivity index is 1.04. The van der Waals surface area contributed by atoms with Gasteiger partial charge < -0.3 is 24.0 Å². The minimum atomic E-state index is -0.410. The summed E-state index contributed by atoms with van der Waals surface area (Å²) in [7, 11) is 9.65. The van der Waals surface area contributed by atoms with E-state index in [1.54, 1.807) is 18.1 Å². The third-order valence-corrected chi connectivity index (χ3v) is 16.2. The average molecular weight is 952 g/mol. The molecule has 16 nitrogen and oxygen atoms in total. The second-order valence-corrected chi connectivity index (χ2v) is 19.8. The van der Waals surface area contributed by atoms with E-state index >= 15 is 4.79 Å². The second-order valence-electron chi connectivity index (χ2n) is 19.8. The van der Waals surface area contributed by atoms with Crippen LogP contribution < -0.4 is 19.3 Å². The van der Waals surface area contributed by atoms with Crippen molar-refractivity contribution in [3.8, 4) is 23.9 Å². The van der Waals surface area contributed by atoms with Gasteiger partial charge in [-0.05, 0) is 127 Å². The molecule has 2 saturated carbocycles. The molecule has 8 rings (SSSR count). The molecule has 2 saturated heterocycles. The number of rotatable bonds is 17. The predicted molar refractivity (Wildman–Crippen MR) is 267 cm³/mol. The average Bonchev–Trinajstić information content (AvgIpc) is 3.68. The maximum Gasteiger partial charge on any atom is 0.325 e. The fraction of sp³-hybridized carbons (Fsp3) is 0.537. The van der Waals surface area contributed by atoms with Gasteiger partial charge in [-0.3, -0.25) is 19.6 Å². The number of ether oxygens (including phenoxy) is 3. The molecule has 2 aliphatic carbocycles. The summed E-state index contributed by atoms with van der Waals surface area (Å²) in [5.74, 6) is 0.604. The fourth-order valence-corrected chi connectivity index (χ4v) is 11.8. The number of benzene rings is 2. The third-order valence-electron chi connectivity index (χ3n) is 16.2. The Hall–Kier alpha value is -6.33. The van der Waals surface area contributed by atoms with E-state index in [1.807, 2.05) is 28.0 Å². The number of carbonyl (C=O) groups excluding carboxylic acids is 2. The Bertz CT molecular complexity index is 2520. The summed E-state index contributed by atoms with van der Waals surface area (Å²) in [6, 6.07) is 28.7. The minimum Gasteiger partial charge on any atom is -0.479 e. The van der Waals surface area contributed by atoms with Crippen LogP contribution in [0.4, 0.5) is 21.0 Å². The number of urea groups is 2.